The van der Waals surface area contributed by atoms with Crippen LogP contribution in [0.1, 0.15) is 68.6 Å². The maximum Gasteiger partial charge on any atom is 0.264 e. The third-order valence-electron chi connectivity index (χ3n) is 7.53. The molecule has 12 heteroatoms. The zero-order valence-electron chi connectivity index (χ0n) is 26.9. The third-order valence-corrected chi connectivity index (χ3v) is 10.5. The van der Waals surface area contributed by atoms with Gasteiger partial charge in [-0.1, -0.05) is 89.0 Å². The quantitative estimate of drug-likeness (QED) is 0.206. The molecule has 250 valence electrons. The highest BCUT2D eigenvalue weighted by molar-refractivity contribution is 7.90. The van der Waals surface area contributed by atoms with E-state index in [4.69, 9.17) is 23.2 Å². The summed E-state index contributed by atoms with van der Waals surface area (Å²) < 4.78 is 84.7. The molecule has 4 aromatic rings. The molecule has 0 aliphatic rings. The number of nitrogens with one attached hydrogen (secondary N) is 1. The maximum absolute atomic E-state index is 16.0. The van der Waals surface area contributed by atoms with Crippen LogP contribution < -0.4 is 4.72 Å². The Bertz CT molecular complexity index is 2120. The standard InChI is InChI=1S/C35H35Cl2F2NO5S2/c1-34(2,3)27-10-8-9-23(31(27)38)24-17-21(11-13-29(24)36)33(41)40-47(44,45)19-20-15-26(32(39)28(16-20)35(4,5)6)25-18-22(46(7,42)43)12-14-30(25)37/h8-18H,19H2,1-7H3,(H,40,41). The number of hydrogen-bond donors (Lipinski definition) is 1. The Balaban J connectivity index is 1.72. The van der Waals surface area contributed by atoms with E-state index in [0.29, 0.717) is 5.56 Å². The molecule has 0 aliphatic heterocycles. The summed E-state index contributed by atoms with van der Waals surface area (Å²) in [5, 5.41) is 0.231. The second-order valence-corrected chi connectivity index (χ2v) is 18.0. The molecule has 0 radical (unpaired) electrons. The van der Waals surface area contributed by atoms with E-state index >= 15 is 8.78 Å². The fourth-order valence-electron chi connectivity index (χ4n) is 5.10. The maximum atomic E-state index is 16.0. The summed E-state index contributed by atoms with van der Waals surface area (Å²) in [6.07, 6.45) is 1.01. The summed E-state index contributed by atoms with van der Waals surface area (Å²) >= 11 is 12.8. The van der Waals surface area contributed by atoms with Crippen LogP contribution in [-0.2, 0) is 36.4 Å². The van der Waals surface area contributed by atoms with Gasteiger partial charge in [0, 0.05) is 44.1 Å². The second-order valence-electron chi connectivity index (χ2n) is 13.5. The van der Waals surface area contributed by atoms with Crippen molar-refractivity contribution in [3.63, 3.8) is 0 Å². The number of sulfonamides is 1. The van der Waals surface area contributed by atoms with Crippen LogP contribution in [0, 0.1) is 11.6 Å². The molecule has 0 aliphatic carbocycles. The molecule has 0 aromatic heterocycles. The van der Waals surface area contributed by atoms with Crippen LogP contribution in [0.25, 0.3) is 22.3 Å². The van der Waals surface area contributed by atoms with Gasteiger partial charge in [-0.25, -0.2) is 30.3 Å². The normalized spacial score (nSPS) is 12.7. The summed E-state index contributed by atoms with van der Waals surface area (Å²) in [5.41, 5.74) is -0.289. The van der Waals surface area contributed by atoms with Gasteiger partial charge in [0.05, 0.1) is 10.6 Å². The van der Waals surface area contributed by atoms with Gasteiger partial charge in [-0.2, -0.15) is 0 Å². The fraction of sp³-hybridized carbons (Fsp3) is 0.286. The van der Waals surface area contributed by atoms with Gasteiger partial charge in [-0.15, -0.1) is 0 Å². The number of benzene rings is 4. The highest BCUT2D eigenvalue weighted by atomic mass is 35.5. The molecule has 0 saturated carbocycles. The van der Waals surface area contributed by atoms with Crippen molar-refractivity contribution in [1.82, 2.24) is 4.72 Å². The highest BCUT2D eigenvalue weighted by Gasteiger charge is 2.27. The van der Waals surface area contributed by atoms with Crippen LogP contribution in [0.2, 0.25) is 10.0 Å². The lowest BCUT2D eigenvalue weighted by Crippen LogP contribution is -2.31. The molecule has 6 nitrogen and oxygen atoms in total. The first kappa shape index (κ1) is 36.5. The Labute approximate surface area is 285 Å². The lowest BCUT2D eigenvalue weighted by Gasteiger charge is -2.23. The molecule has 0 atom stereocenters. The van der Waals surface area contributed by atoms with Crippen molar-refractivity contribution in [1.29, 1.82) is 0 Å². The van der Waals surface area contributed by atoms with Gasteiger partial charge in [0.1, 0.15) is 11.6 Å². The number of halogens is 4. The molecule has 0 spiro atoms. The van der Waals surface area contributed by atoms with Gasteiger partial charge in [0.15, 0.2) is 9.84 Å². The zero-order chi connectivity index (χ0) is 35.3. The van der Waals surface area contributed by atoms with Crippen LogP contribution in [0.4, 0.5) is 8.78 Å². The number of sulfone groups is 1. The lowest BCUT2D eigenvalue weighted by molar-refractivity contribution is 0.0981. The van der Waals surface area contributed by atoms with Crippen LogP contribution in [0.15, 0.2) is 71.6 Å². The summed E-state index contributed by atoms with van der Waals surface area (Å²) in [5.74, 6) is -2.89. The Kier molecular flexibility index (Phi) is 10.1. The van der Waals surface area contributed by atoms with E-state index in [1.807, 2.05) is 25.5 Å². The molecular formula is C35H35Cl2F2NO5S2. The number of amides is 1. The summed E-state index contributed by atoms with van der Waals surface area (Å²) in [6, 6.07) is 15.4. The molecule has 4 rings (SSSR count). The van der Waals surface area contributed by atoms with Crippen LogP contribution in [-0.4, -0.2) is 29.0 Å². The van der Waals surface area contributed by atoms with E-state index in [9.17, 15) is 21.6 Å². The van der Waals surface area contributed by atoms with Crippen molar-refractivity contribution in [2.45, 2.75) is 63.0 Å². The molecule has 1 amide bonds. The summed E-state index contributed by atoms with van der Waals surface area (Å²) in [6.45, 7) is 10.8. The number of hydrogen-bond acceptors (Lipinski definition) is 5. The van der Waals surface area contributed by atoms with E-state index in [2.05, 4.69) is 0 Å². The topological polar surface area (TPSA) is 97.4 Å². The Morgan fingerprint density at radius 2 is 1.26 bits per heavy atom. The molecule has 0 unspecified atom stereocenters. The number of rotatable bonds is 7. The van der Waals surface area contributed by atoms with E-state index < -0.39 is 54.0 Å². The van der Waals surface area contributed by atoms with Crippen molar-refractivity contribution in [2.75, 3.05) is 6.26 Å². The van der Waals surface area contributed by atoms with Crippen LogP contribution in [0.3, 0.4) is 0 Å². The Hall–Kier alpha value is -3.31. The molecule has 0 saturated heterocycles. The molecular weight excluding hydrogens is 687 g/mol. The summed E-state index contributed by atoms with van der Waals surface area (Å²) in [7, 11) is -8.05. The van der Waals surface area contributed by atoms with Gasteiger partial charge in [-0.3, -0.25) is 4.79 Å². The molecule has 0 bridgehead atoms. The third kappa shape index (κ3) is 8.23. The van der Waals surface area contributed by atoms with Crippen LogP contribution >= 0.6 is 23.2 Å². The van der Waals surface area contributed by atoms with Crippen molar-refractivity contribution < 1.29 is 30.4 Å². The number of carbonyl (C=O) groups is 1. The highest BCUT2D eigenvalue weighted by Crippen LogP contribution is 2.38. The average molecular weight is 723 g/mol. The second kappa shape index (κ2) is 13.0. The fourth-order valence-corrected chi connectivity index (χ4v) is 7.26. The molecule has 0 heterocycles. The predicted octanol–water partition coefficient (Wildman–Crippen LogP) is 8.86. The monoisotopic (exact) mass is 721 g/mol. The van der Waals surface area contributed by atoms with Gasteiger partial charge in [0.25, 0.3) is 5.91 Å². The van der Waals surface area contributed by atoms with E-state index in [0.717, 1.165) is 6.26 Å². The Morgan fingerprint density at radius 3 is 1.83 bits per heavy atom. The van der Waals surface area contributed by atoms with Crippen molar-refractivity contribution in [3.05, 3.63) is 111 Å². The van der Waals surface area contributed by atoms with Crippen molar-refractivity contribution in [2.24, 2.45) is 0 Å². The lowest BCUT2D eigenvalue weighted by atomic mass is 9.83. The van der Waals surface area contributed by atoms with Gasteiger partial charge in [-0.05, 0) is 70.0 Å². The first-order valence-electron chi connectivity index (χ1n) is 14.5. The molecule has 4 aromatic carbocycles. The molecule has 47 heavy (non-hydrogen) atoms. The van der Waals surface area contributed by atoms with Crippen molar-refractivity contribution in [3.8, 4) is 22.3 Å². The minimum absolute atomic E-state index is 0.0625. The predicted molar refractivity (Wildman–Crippen MR) is 184 cm³/mol. The molecule has 1 N–H and O–H groups in total. The zero-order valence-corrected chi connectivity index (χ0v) is 30.1. The van der Waals surface area contributed by atoms with Crippen LogP contribution in [0.5, 0.6) is 0 Å². The SMILES string of the molecule is CC(C)(C)c1cccc(-c2cc(C(=O)NS(=O)(=O)Cc3cc(-c4cc(S(C)(=O)=O)ccc4Cl)c(F)c(C(C)(C)C)c3)ccc2Cl)c1F. The van der Waals surface area contributed by atoms with Gasteiger partial charge < -0.3 is 0 Å². The first-order chi connectivity index (χ1) is 21.5. The minimum atomic E-state index is -4.38. The average Bonchev–Trinajstić information content (AvgIpc) is 2.92. The first-order valence-corrected chi connectivity index (χ1v) is 18.8. The molecule has 0 fully saturated rings. The van der Waals surface area contributed by atoms with Gasteiger partial charge >= 0.3 is 0 Å². The van der Waals surface area contributed by atoms with Crippen molar-refractivity contribution >= 4 is 49.0 Å². The summed E-state index contributed by atoms with van der Waals surface area (Å²) in [4.78, 5) is 13.1. The Morgan fingerprint density at radius 1 is 0.702 bits per heavy atom. The smallest absolute Gasteiger partial charge is 0.264 e. The van der Waals surface area contributed by atoms with E-state index in [1.54, 1.807) is 32.9 Å². The van der Waals surface area contributed by atoms with E-state index in [1.165, 1.54) is 54.6 Å². The van der Waals surface area contributed by atoms with E-state index in [-0.39, 0.29) is 53.9 Å². The minimum Gasteiger partial charge on any atom is -0.268 e. The van der Waals surface area contributed by atoms with Gasteiger partial charge in [0.2, 0.25) is 10.0 Å². The number of carbonyl (C=O) groups excluding carboxylic acids is 1. The largest absolute Gasteiger partial charge is 0.268 e.